The predicted molar refractivity (Wildman–Crippen MR) is 92.4 cm³/mol. The first-order valence-electron chi connectivity index (χ1n) is 8.00. The lowest BCUT2D eigenvalue weighted by atomic mass is 9.90. The monoisotopic (exact) mass is 329 g/mol. The first-order chi connectivity index (χ1) is 11.7. The Bertz CT molecular complexity index is 704. The summed E-state index contributed by atoms with van der Waals surface area (Å²) in [6.07, 6.45) is 1.74. The van der Waals surface area contributed by atoms with Crippen LogP contribution < -0.4 is 19.5 Å². The molecule has 24 heavy (non-hydrogen) atoms. The third-order valence-corrected chi connectivity index (χ3v) is 4.45. The summed E-state index contributed by atoms with van der Waals surface area (Å²) in [5.74, 6) is 2.20. The van der Waals surface area contributed by atoms with Gasteiger partial charge in [-0.05, 0) is 60.3 Å². The number of ether oxygens (including phenoxy) is 3. The molecule has 1 heterocycles. The molecular formula is C19H23NO4. The summed E-state index contributed by atoms with van der Waals surface area (Å²) >= 11 is 0. The van der Waals surface area contributed by atoms with Crippen molar-refractivity contribution in [1.29, 1.82) is 0 Å². The van der Waals surface area contributed by atoms with Gasteiger partial charge in [0.15, 0.2) is 11.5 Å². The van der Waals surface area contributed by atoms with Crippen molar-refractivity contribution in [2.75, 3.05) is 27.9 Å². The smallest absolute Gasteiger partial charge is 0.203 e. The molecule has 0 fully saturated rings. The molecule has 5 heteroatoms. The molecule has 1 aliphatic heterocycles. The van der Waals surface area contributed by atoms with E-state index >= 15 is 0 Å². The van der Waals surface area contributed by atoms with Crippen molar-refractivity contribution in [3.05, 3.63) is 47.0 Å². The fourth-order valence-electron chi connectivity index (χ4n) is 3.30. The number of phenols is 1. The fraction of sp³-hybridized carbons (Fsp3) is 0.368. The molecule has 3 rings (SSSR count). The van der Waals surface area contributed by atoms with Gasteiger partial charge in [0, 0.05) is 6.04 Å². The highest BCUT2D eigenvalue weighted by atomic mass is 16.5. The number of hydrogen-bond donors (Lipinski definition) is 2. The van der Waals surface area contributed by atoms with Crippen molar-refractivity contribution in [3.63, 3.8) is 0 Å². The second-order valence-corrected chi connectivity index (χ2v) is 5.88. The van der Waals surface area contributed by atoms with Gasteiger partial charge in [0.05, 0.1) is 21.3 Å². The largest absolute Gasteiger partial charge is 0.508 e. The SMILES string of the molecule is COc1cc(CC2NCCc3ccc(O)cc32)cc(OC)c1OC. The van der Waals surface area contributed by atoms with Crippen molar-refractivity contribution in [2.24, 2.45) is 0 Å². The van der Waals surface area contributed by atoms with E-state index in [0.29, 0.717) is 23.0 Å². The molecule has 0 spiro atoms. The molecule has 2 aromatic rings. The van der Waals surface area contributed by atoms with E-state index in [1.807, 2.05) is 24.3 Å². The van der Waals surface area contributed by atoms with E-state index in [9.17, 15) is 5.11 Å². The second-order valence-electron chi connectivity index (χ2n) is 5.88. The van der Waals surface area contributed by atoms with Crippen molar-refractivity contribution in [1.82, 2.24) is 5.32 Å². The summed E-state index contributed by atoms with van der Waals surface area (Å²) in [6.45, 7) is 0.923. The molecule has 5 nitrogen and oxygen atoms in total. The van der Waals surface area contributed by atoms with Gasteiger partial charge < -0.3 is 24.6 Å². The van der Waals surface area contributed by atoms with Crippen LogP contribution in [0.15, 0.2) is 30.3 Å². The van der Waals surface area contributed by atoms with Crippen LogP contribution in [0.5, 0.6) is 23.0 Å². The lowest BCUT2D eigenvalue weighted by Crippen LogP contribution is -2.31. The van der Waals surface area contributed by atoms with Crippen LogP contribution in [0.4, 0.5) is 0 Å². The third kappa shape index (κ3) is 3.12. The Balaban J connectivity index is 1.94. The van der Waals surface area contributed by atoms with Crippen LogP contribution in [0.25, 0.3) is 0 Å². The van der Waals surface area contributed by atoms with E-state index in [1.54, 1.807) is 27.4 Å². The van der Waals surface area contributed by atoms with Gasteiger partial charge in [-0.3, -0.25) is 0 Å². The summed E-state index contributed by atoms with van der Waals surface area (Å²) < 4.78 is 16.2. The second kappa shape index (κ2) is 7.01. The van der Waals surface area contributed by atoms with E-state index in [-0.39, 0.29) is 6.04 Å². The van der Waals surface area contributed by atoms with Gasteiger partial charge >= 0.3 is 0 Å². The number of hydrogen-bond acceptors (Lipinski definition) is 5. The van der Waals surface area contributed by atoms with Gasteiger partial charge in [-0.25, -0.2) is 0 Å². The van der Waals surface area contributed by atoms with Crippen molar-refractivity contribution in [2.45, 2.75) is 18.9 Å². The standard InChI is InChI=1S/C19H23NO4/c1-22-17-9-12(10-18(23-2)19(17)24-3)8-16-15-11-14(21)5-4-13(15)6-7-20-16/h4-5,9-11,16,20-21H,6-8H2,1-3H3. The number of phenolic OH excluding ortho intramolecular Hbond substituents is 1. The first-order valence-corrected chi connectivity index (χ1v) is 8.00. The maximum absolute atomic E-state index is 9.82. The molecule has 0 amide bonds. The Labute approximate surface area is 142 Å². The van der Waals surface area contributed by atoms with E-state index in [1.165, 1.54) is 5.56 Å². The van der Waals surface area contributed by atoms with Gasteiger partial charge in [-0.1, -0.05) is 6.07 Å². The Morgan fingerprint density at radius 3 is 2.38 bits per heavy atom. The van der Waals surface area contributed by atoms with Crippen LogP contribution in [-0.4, -0.2) is 33.0 Å². The topological polar surface area (TPSA) is 60.0 Å². The number of fused-ring (bicyclic) bond motifs is 1. The average molecular weight is 329 g/mol. The van der Waals surface area contributed by atoms with Crippen LogP contribution in [0.2, 0.25) is 0 Å². The zero-order valence-electron chi connectivity index (χ0n) is 14.3. The Morgan fingerprint density at radius 2 is 1.75 bits per heavy atom. The molecule has 2 aromatic carbocycles. The summed E-state index contributed by atoms with van der Waals surface area (Å²) in [6, 6.07) is 9.70. The minimum atomic E-state index is 0.142. The Morgan fingerprint density at radius 1 is 1.04 bits per heavy atom. The van der Waals surface area contributed by atoms with Gasteiger partial charge in [-0.2, -0.15) is 0 Å². The van der Waals surface area contributed by atoms with E-state index in [0.717, 1.165) is 30.5 Å². The van der Waals surface area contributed by atoms with Crippen molar-refractivity contribution < 1.29 is 19.3 Å². The van der Waals surface area contributed by atoms with Crippen LogP contribution in [-0.2, 0) is 12.8 Å². The summed E-state index contributed by atoms with van der Waals surface area (Å²) in [5.41, 5.74) is 3.51. The molecule has 0 saturated heterocycles. The lowest BCUT2D eigenvalue weighted by Gasteiger charge is -2.27. The maximum Gasteiger partial charge on any atom is 0.203 e. The number of nitrogens with one attached hydrogen (secondary N) is 1. The van der Waals surface area contributed by atoms with Gasteiger partial charge in [-0.15, -0.1) is 0 Å². The average Bonchev–Trinajstić information content (AvgIpc) is 2.61. The van der Waals surface area contributed by atoms with Crippen LogP contribution in [0.1, 0.15) is 22.7 Å². The number of methoxy groups -OCH3 is 3. The van der Waals surface area contributed by atoms with Crippen molar-refractivity contribution in [3.8, 4) is 23.0 Å². The molecule has 0 aliphatic carbocycles. The first kappa shape index (κ1) is 16.5. The number of rotatable bonds is 5. The third-order valence-electron chi connectivity index (χ3n) is 4.45. The molecule has 0 bridgehead atoms. The van der Waals surface area contributed by atoms with E-state index < -0.39 is 0 Å². The fourth-order valence-corrected chi connectivity index (χ4v) is 3.30. The van der Waals surface area contributed by atoms with Gasteiger partial charge in [0.1, 0.15) is 5.75 Å². The molecule has 0 aromatic heterocycles. The van der Waals surface area contributed by atoms with E-state index in [4.69, 9.17) is 14.2 Å². The zero-order valence-corrected chi connectivity index (χ0v) is 14.3. The van der Waals surface area contributed by atoms with Gasteiger partial charge in [0.25, 0.3) is 0 Å². The highest BCUT2D eigenvalue weighted by Gasteiger charge is 2.22. The van der Waals surface area contributed by atoms with Crippen LogP contribution >= 0.6 is 0 Å². The maximum atomic E-state index is 9.82. The highest BCUT2D eigenvalue weighted by molar-refractivity contribution is 5.54. The van der Waals surface area contributed by atoms with Crippen molar-refractivity contribution >= 4 is 0 Å². The number of benzene rings is 2. The summed E-state index contributed by atoms with van der Waals surface area (Å²) in [4.78, 5) is 0. The van der Waals surface area contributed by atoms with E-state index in [2.05, 4.69) is 5.32 Å². The molecule has 2 N–H and O–H groups in total. The quantitative estimate of drug-likeness (QED) is 0.883. The molecule has 1 aliphatic rings. The summed E-state index contributed by atoms with van der Waals surface area (Å²) in [5, 5.41) is 13.4. The molecule has 1 atom stereocenters. The predicted octanol–water partition coefficient (Wildman–Crippen LogP) is 2.85. The lowest BCUT2D eigenvalue weighted by molar-refractivity contribution is 0.323. The zero-order chi connectivity index (χ0) is 17.1. The minimum absolute atomic E-state index is 0.142. The molecule has 128 valence electrons. The van der Waals surface area contributed by atoms with Gasteiger partial charge in [0.2, 0.25) is 5.75 Å². The van der Waals surface area contributed by atoms with Crippen LogP contribution in [0, 0.1) is 0 Å². The Hall–Kier alpha value is -2.40. The highest BCUT2D eigenvalue weighted by Crippen LogP contribution is 2.39. The normalized spacial score (nSPS) is 16.4. The molecule has 0 saturated carbocycles. The molecule has 1 unspecified atom stereocenters. The molecule has 0 radical (unpaired) electrons. The molecular weight excluding hydrogens is 306 g/mol. The van der Waals surface area contributed by atoms with Crippen LogP contribution in [0.3, 0.4) is 0 Å². The Kier molecular flexibility index (Phi) is 4.81. The summed E-state index contributed by atoms with van der Waals surface area (Å²) in [7, 11) is 4.84. The minimum Gasteiger partial charge on any atom is -0.508 e. The number of aromatic hydroxyl groups is 1.